The third-order valence-electron chi connectivity index (χ3n) is 3.47. The van der Waals surface area contributed by atoms with Crippen LogP contribution in [0.15, 0.2) is 34.7 Å². The summed E-state index contributed by atoms with van der Waals surface area (Å²) in [4.78, 5) is 0. The van der Waals surface area contributed by atoms with Crippen molar-refractivity contribution in [2.24, 2.45) is 0 Å². The molecule has 0 saturated heterocycles. The van der Waals surface area contributed by atoms with E-state index in [0.717, 1.165) is 11.6 Å². The molecular formula is C16H13F3N4O. The fourth-order valence-corrected chi connectivity index (χ4v) is 2.21. The lowest BCUT2D eigenvalue weighted by molar-refractivity contribution is 0.511. The molecule has 0 bridgehead atoms. The van der Waals surface area contributed by atoms with E-state index in [1.807, 2.05) is 6.92 Å². The third kappa shape index (κ3) is 2.90. The van der Waals surface area contributed by atoms with Gasteiger partial charge < -0.3 is 15.5 Å². The second-order valence-electron chi connectivity index (χ2n) is 5.02. The Morgan fingerprint density at radius 2 is 1.88 bits per heavy atom. The molecule has 0 unspecified atom stereocenters. The van der Waals surface area contributed by atoms with Crippen LogP contribution in [0.2, 0.25) is 0 Å². The Balaban J connectivity index is 2.08. The fraction of sp³-hybridized carbons (Fsp3) is 0.125. The molecule has 24 heavy (non-hydrogen) atoms. The quantitative estimate of drug-likeness (QED) is 0.753. The highest BCUT2D eigenvalue weighted by atomic mass is 19.2. The first-order chi connectivity index (χ1) is 11.5. The van der Waals surface area contributed by atoms with Crippen LogP contribution < -0.4 is 11.1 Å². The van der Waals surface area contributed by atoms with Gasteiger partial charge in [-0.2, -0.15) is 0 Å². The molecule has 3 aromatic rings. The molecule has 1 heterocycles. The van der Waals surface area contributed by atoms with Crippen LogP contribution in [0, 0.1) is 17.5 Å². The summed E-state index contributed by atoms with van der Waals surface area (Å²) in [5.41, 5.74) is 5.87. The second kappa shape index (κ2) is 6.23. The molecular weight excluding hydrogens is 321 g/mol. The van der Waals surface area contributed by atoms with Gasteiger partial charge in [-0.15, -0.1) is 5.10 Å². The van der Waals surface area contributed by atoms with Crippen LogP contribution >= 0.6 is 0 Å². The molecule has 3 N–H and O–H groups in total. The fourth-order valence-electron chi connectivity index (χ4n) is 2.21. The van der Waals surface area contributed by atoms with Crippen molar-refractivity contribution >= 4 is 17.4 Å². The van der Waals surface area contributed by atoms with E-state index in [-0.39, 0.29) is 28.8 Å². The third-order valence-corrected chi connectivity index (χ3v) is 3.47. The van der Waals surface area contributed by atoms with Crippen LogP contribution in [0.25, 0.3) is 11.5 Å². The lowest BCUT2D eigenvalue weighted by Crippen LogP contribution is -2.02. The molecule has 0 amide bonds. The largest absolute Gasteiger partial charge is 0.403 e. The minimum Gasteiger partial charge on any atom is -0.403 e. The van der Waals surface area contributed by atoms with Crippen LogP contribution in [-0.2, 0) is 6.42 Å². The van der Waals surface area contributed by atoms with Gasteiger partial charge in [0.2, 0.25) is 0 Å². The average molecular weight is 334 g/mol. The number of nitrogen functional groups attached to an aromatic ring is 1. The number of benzene rings is 2. The molecule has 0 saturated carbocycles. The normalized spacial score (nSPS) is 10.8. The van der Waals surface area contributed by atoms with Crippen molar-refractivity contribution in [3.05, 3.63) is 53.3 Å². The lowest BCUT2D eigenvalue weighted by Gasteiger charge is -2.13. The van der Waals surface area contributed by atoms with Gasteiger partial charge in [-0.05, 0) is 36.2 Å². The van der Waals surface area contributed by atoms with Gasteiger partial charge in [0.05, 0.1) is 16.9 Å². The van der Waals surface area contributed by atoms with Crippen molar-refractivity contribution in [3.8, 4) is 11.5 Å². The van der Waals surface area contributed by atoms with Crippen LogP contribution in [0.5, 0.6) is 0 Å². The van der Waals surface area contributed by atoms with Crippen molar-refractivity contribution < 1.29 is 17.6 Å². The van der Waals surface area contributed by atoms with E-state index in [9.17, 15) is 13.2 Å². The van der Waals surface area contributed by atoms with Crippen LogP contribution in [0.4, 0.5) is 30.6 Å². The first-order valence-corrected chi connectivity index (χ1v) is 7.12. The Labute approximate surface area is 135 Å². The molecule has 0 radical (unpaired) electrons. The summed E-state index contributed by atoms with van der Waals surface area (Å²) in [6, 6.07) is 6.39. The van der Waals surface area contributed by atoms with E-state index in [0.29, 0.717) is 6.42 Å². The smallest absolute Gasteiger partial charge is 0.313 e. The number of nitrogens with zero attached hydrogens (tertiary/aromatic N) is 2. The van der Waals surface area contributed by atoms with E-state index in [4.69, 9.17) is 10.2 Å². The van der Waals surface area contributed by atoms with Crippen molar-refractivity contribution in [1.29, 1.82) is 0 Å². The number of halogens is 3. The zero-order chi connectivity index (χ0) is 17.3. The van der Waals surface area contributed by atoms with Crippen molar-refractivity contribution in [1.82, 2.24) is 10.2 Å². The lowest BCUT2D eigenvalue weighted by atomic mass is 10.1. The molecule has 8 heteroatoms. The van der Waals surface area contributed by atoms with Gasteiger partial charge in [-0.1, -0.05) is 18.1 Å². The van der Waals surface area contributed by atoms with Crippen LogP contribution in [0.1, 0.15) is 12.5 Å². The van der Waals surface area contributed by atoms with E-state index in [1.54, 1.807) is 6.07 Å². The maximum absolute atomic E-state index is 14.2. The molecule has 0 fully saturated rings. The predicted octanol–water partition coefficient (Wildman–Crippen LogP) is 4.04. The number of aromatic nitrogens is 2. The minimum absolute atomic E-state index is 0.00885. The van der Waals surface area contributed by atoms with Crippen molar-refractivity contribution in [3.63, 3.8) is 0 Å². The summed E-state index contributed by atoms with van der Waals surface area (Å²) < 4.78 is 47.0. The van der Waals surface area contributed by atoms with Gasteiger partial charge in [0.25, 0.3) is 5.89 Å². The summed E-state index contributed by atoms with van der Waals surface area (Å²) in [5.74, 6) is -2.99. The van der Waals surface area contributed by atoms with Gasteiger partial charge in [-0.25, -0.2) is 13.2 Å². The molecule has 3 rings (SSSR count). The zero-order valence-electron chi connectivity index (χ0n) is 12.6. The molecule has 124 valence electrons. The number of aryl methyl sites for hydroxylation is 1. The maximum Gasteiger partial charge on any atom is 0.313 e. The minimum atomic E-state index is -1.19. The van der Waals surface area contributed by atoms with Gasteiger partial charge in [0, 0.05) is 0 Å². The van der Waals surface area contributed by atoms with Gasteiger partial charge in [0.1, 0.15) is 5.82 Å². The first kappa shape index (κ1) is 15.9. The highest BCUT2D eigenvalue weighted by Crippen LogP contribution is 2.34. The average Bonchev–Trinajstić information content (AvgIpc) is 2.99. The molecule has 0 atom stereocenters. The summed E-state index contributed by atoms with van der Waals surface area (Å²) >= 11 is 0. The van der Waals surface area contributed by atoms with Crippen LogP contribution in [0.3, 0.4) is 0 Å². The molecule has 0 aliphatic carbocycles. The van der Waals surface area contributed by atoms with Crippen LogP contribution in [-0.4, -0.2) is 10.2 Å². The predicted molar refractivity (Wildman–Crippen MR) is 83.1 cm³/mol. The SMILES string of the molecule is CCc1ccc(Nc2c(-c3nnc(N)o3)ccc(F)c2F)c(F)c1. The molecule has 0 spiro atoms. The highest BCUT2D eigenvalue weighted by Gasteiger charge is 2.20. The highest BCUT2D eigenvalue weighted by molar-refractivity contribution is 5.77. The number of nitrogens with one attached hydrogen (secondary N) is 1. The standard InChI is InChI=1S/C16H13F3N4O/c1-2-8-3-6-12(11(18)7-8)21-14-9(4-5-10(17)13(14)19)15-22-23-16(20)24-15/h3-7,21H,2H2,1H3,(H2,20,23). The van der Waals surface area contributed by atoms with E-state index < -0.39 is 17.5 Å². The Morgan fingerprint density at radius 3 is 2.50 bits per heavy atom. The summed E-state index contributed by atoms with van der Waals surface area (Å²) in [7, 11) is 0. The zero-order valence-corrected chi connectivity index (χ0v) is 12.6. The summed E-state index contributed by atoms with van der Waals surface area (Å²) in [5, 5.41) is 9.67. The Kier molecular flexibility index (Phi) is 4.11. The summed E-state index contributed by atoms with van der Waals surface area (Å²) in [6.45, 7) is 1.88. The molecule has 0 aliphatic heterocycles. The van der Waals surface area contributed by atoms with E-state index >= 15 is 0 Å². The molecule has 5 nitrogen and oxygen atoms in total. The van der Waals surface area contributed by atoms with Crippen molar-refractivity contribution in [2.45, 2.75) is 13.3 Å². The number of anilines is 3. The Bertz CT molecular complexity index is 895. The second-order valence-corrected chi connectivity index (χ2v) is 5.02. The van der Waals surface area contributed by atoms with Gasteiger partial charge >= 0.3 is 6.01 Å². The van der Waals surface area contributed by atoms with E-state index in [1.165, 1.54) is 18.2 Å². The molecule has 1 aromatic heterocycles. The number of hydrogen-bond donors (Lipinski definition) is 2. The van der Waals surface area contributed by atoms with Gasteiger partial charge in [0.15, 0.2) is 11.6 Å². The molecule has 2 aromatic carbocycles. The summed E-state index contributed by atoms with van der Waals surface area (Å²) in [6.07, 6.45) is 0.651. The van der Waals surface area contributed by atoms with Gasteiger partial charge in [-0.3, -0.25) is 0 Å². The van der Waals surface area contributed by atoms with E-state index in [2.05, 4.69) is 15.5 Å². The Hall–Kier alpha value is -3.03. The molecule has 0 aliphatic rings. The monoisotopic (exact) mass is 334 g/mol. The van der Waals surface area contributed by atoms with Crippen molar-refractivity contribution in [2.75, 3.05) is 11.1 Å². The number of rotatable bonds is 4. The maximum atomic E-state index is 14.2. The first-order valence-electron chi connectivity index (χ1n) is 7.12. The Morgan fingerprint density at radius 1 is 1.08 bits per heavy atom. The number of nitrogens with two attached hydrogens (primary N) is 1. The number of hydrogen-bond acceptors (Lipinski definition) is 5. The topological polar surface area (TPSA) is 77.0 Å².